The van der Waals surface area contributed by atoms with E-state index in [1.807, 2.05) is 39.0 Å². The number of carbonyl (C=O) groups excluding carboxylic acids is 1. The smallest absolute Gasteiger partial charge is 0.241 e. The number of nitrogens with one attached hydrogen (secondary N) is 1. The molecule has 1 aromatic carbocycles. The summed E-state index contributed by atoms with van der Waals surface area (Å²) >= 11 is 2.24. The van der Waals surface area contributed by atoms with E-state index in [-0.39, 0.29) is 11.8 Å². The van der Waals surface area contributed by atoms with Crippen LogP contribution in [0.1, 0.15) is 19.4 Å². The Morgan fingerprint density at radius 1 is 1.44 bits per heavy atom. The van der Waals surface area contributed by atoms with Crippen LogP contribution in [0, 0.1) is 16.4 Å². The van der Waals surface area contributed by atoms with Gasteiger partial charge in [-0.15, -0.1) is 0 Å². The quantitative estimate of drug-likeness (QED) is 0.836. The fraction of sp³-hybridized carbons (Fsp3) is 0.417. The maximum atomic E-state index is 11.8. The zero-order valence-electron chi connectivity index (χ0n) is 9.75. The minimum absolute atomic E-state index is 0.126. The first-order valence-corrected chi connectivity index (χ1v) is 6.32. The van der Waals surface area contributed by atoms with Gasteiger partial charge in [0, 0.05) is 9.26 Å². The van der Waals surface area contributed by atoms with E-state index in [4.69, 9.17) is 5.73 Å². The van der Waals surface area contributed by atoms with Crippen molar-refractivity contribution in [2.75, 3.05) is 5.32 Å². The highest BCUT2D eigenvalue weighted by atomic mass is 127. The first-order valence-electron chi connectivity index (χ1n) is 5.24. The standard InChI is InChI=1S/C12H17IN2O/c1-7(2)11(14)12(16)15-10-5-4-9(13)6-8(10)3/h4-7,11H,14H2,1-3H3,(H,15,16)/t11-/m1/s1. The van der Waals surface area contributed by atoms with Crippen molar-refractivity contribution in [2.45, 2.75) is 26.8 Å². The Kier molecular flexibility index (Phi) is 4.73. The van der Waals surface area contributed by atoms with Gasteiger partial charge in [-0.05, 0) is 59.2 Å². The van der Waals surface area contributed by atoms with Crippen LogP contribution in [0.3, 0.4) is 0 Å². The molecule has 0 saturated heterocycles. The van der Waals surface area contributed by atoms with E-state index in [0.29, 0.717) is 0 Å². The molecule has 0 bridgehead atoms. The van der Waals surface area contributed by atoms with Gasteiger partial charge in [0.25, 0.3) is 0 Å². The zero-order valence-corrected chi connectivity index (χ0v) is 11.9. The summed E-state index contributed by atoms with van der Waals surface area (Å²) in [6, 6.07) is 5.43. The molecule has 0 heterocycles. The third-order valence-corrected chi connectivity index (χ3v) is 3.14. The molecular weight excluding hydrogens is 315 g/mol. The molecule has 0 aliphatic heterocycles. The maximum Gasteiger partial charge on any atom is 0.241 e. The van der Waals surface area contributed by atoms with Gasteiger partial charge in [0.1, 0.15) is 0 Å². The molecule has 3 N–H and O–H groups in total. The predicted molar refractivity (Wildman–Crippen MR) is 75.3 cm³/mol. The van der Waals surface area contributed by atoms with Crippen LogP contribution < -0.4 is 11.1 Å². The van der Waals surface area contributed by atoms with Crippen LogP contribution in [-0.4, -0.2) is 11.9 Å². The summed E-state index contributed by atoms with van der Waals surface area (Å²) in [6.45, 7) is 5.84. The number of aryl methyl sites for hydroxylation is 1. The van der Waals surface area contributed by atoms with Crippen LogP contribution in [0.5, 0.6) is 0 Å². The third kappa shape index (κ3) is 3.45. The number of nitrogens with two attached hydrogens (primary N) is 1. The Labute approximate surface area is 110 Å². The molecular formula is C12H17IN2O. The molecule has 0 aliphatic carbocycles. The van der Waals surface area contributed by atoms with Gasteiger partial charge in [-0.2, -0.15) is 0 Å². The molecule has 1 rings (SSSR count). The van der Waals surface area contributed by atoms with E-state index in [1.165, 1.54) is 0 Å². The monoisotopic (exact) mass is 332 g/mol. The van der Waals surface area contributed by atoms with Gasteiger partial charge in [0.2, 0.25) is 5.91 Å². The second-order valence-electron chi connectivity index (χ2n) is 4.22. The third-order valence-electron chi connectivity index (χ3n) is 2.47. The van der Waals surface area contributed by atoms with Crippen LogP contribution >= 0.6 is 22.6 Å². The molecule has 0 radical (unpaired) electrons. The highest BCUT2D eigenvalue weighted by molar-refractivity contribution is 14.1. The Bertz CT molecular complexity index is 391. The second-order valence-corrected chi connectivity index (χ2v) is 5.46. The molecule has 16 heavy (non-hydrogen) atoms. The number of amides is 1. The number of carbonyl (C=O) groups is 1. The highest BCUT2D eigenvalue weighted by Gasteiger charge is 2.17. The molecule has 1 aromatic rings. The lowest BCUT2D eigenvalue weighted by molar-refractivity contribution is -0.118. The molecule has 1 amide bonds. The van der Waals surface area contributed by atoms with Crippen molar-refractivity contribution >= 4 is 34.2 Å². The number of halogens is 1. The van der Waals surface area contributed by atoms with Crippen molar-refractivity contribution in [1.29, 1.82) is 0 Å². The van der Waals surface area contributed by atoms with Crippen molar-refractivity contribution < 1.29 is 4.79 Å². The lowest BCUT2D eigenvalue weighted by Crippen LogP contribution is -2.39. The summed E-state index contributed by atoms with van der Waals surface area (Å²) in [4.78, 5) is 11.8. The van der Waals surface area contributed by atoms with Crippen molar-refractivity contribution in [1.82, 2.24) is 0 Å². The Hall–Kier alpha value is -0.620. The first kappa shape index (κ1) is 13.4. The molecule has 0 unspecified atom stereocenters. The number of hydrogen-bond donors (Lipinski definition) is 2. The minimum atomic E-state index is -0.460. The molecule has 0 aliphatic rings. The lowest BCUT2D eigenvalue weighted by Gasteiger charge is -2.16. The summed E-state index contributed by atoms with van der Waals surface area (Å²) in [5, 5.41) is 2.85. The van der Waals surface area contributed by atoms with E-state index in [9.17, 15) is 4.79 Å². The average Bonchev–Trinajstić information content (AvgIpc) is 2.20. The van der Waals surface area contributed by atoms with Gasteiger partial charge in [0.05, 0.1) is 6.04 Å². The van der Waals surface area contributed by atoms with E-state index < -0.39 is 6.04 Å². The zero-order chi connectivity index (χ0) is 12.3. The second kappa shape index (κ2) is 5.63. The molecule has 1 atom stereocenters. The number of hydrogen-bond acceptors (Lipinski definition) is 2. The van der Waals surface area contributed by atoms with E-state index in [1.54, 1.807) is 0 Å². The Morgan fingerprint density at radius 2 is 2.06 bits per heavy atom. The lowest BCUT2D eigenvalue weighted by atomic mass is 10.0. The first-order chi connectivity index (χ1) is 7.41. The molecule has 0 spiro atoms. The fourth-order valence-corrected chi connectivity index (χ4v) is 1.93. The summed E-state index contributed by atoms with van der Waals surface area (Å²) in [6.07, 6.45) is 0. The van der Waals surface area contributed by atoms with Gasteiger partial charge in [-0.1, -0.05) is 13.8 Å². The highest BCUT2D eigenvalue weighted by Crippen LogP contribution is 2.18. The van der Waals surface area contributed by atoms with Gasteiger partial charge in [-0.25, -0.2) is 0 Å². The molecule has 4 heteroatoms. The maximum absolute atomic E-state index is 11.8. The number of rotatable bonds is 3. The Balaban J connectivity index is 2.77. The van der Waals surface area contributed by atoms with Gasteiger partial charge in [0.15, 0.2) is 0 Å². The molecule has 0 aromatic heterocycles. The molecule has 3 nitrogen and oxygen atoms in total. The SMILES string of the molecule is Cc1cc(I)ccc1NC(=O)[C@H](N)C(C)C. The summed E-state index contributed by atoms with van der Waals surface area (Å²) < 4.78 is 1.15. The number of anilines is 1. The minimum Gasteiger partial charge on any atom is -0.324 e. The normalized spacial score (nSPS) is 12.6. The fourth-order valence-electron chi connectivity index (χ4n) is 1.29. The molecule has 0 saturated carbocycles. The van der Waals surface area contributed by atoms with Crippen molar-refractivity contribution in [2.24, 2.45) is 11.7 Å². The van der Waals surface area contributed by atoms with Crippen LogP contribution in [0.4, 0.5) is 5.69 Å². The van der Waals surface area contributed by atoms with Gasteiger partial charge < -0.3 is 11.1 Å². The summed E-state index contributed by atoms with van der Waals surface area (Å²) in [5.41, 5.74) is 7.66. The van der Waals surface area contributed by atoms with Crippen LogP contribution in [0.2, 0.25) is 0 Å². The van der Waals surface area contributed by atoms with Gasteiger partial charge >= 0.3 is 0 Å². The van der Waals surface area contributed by atoms with E-state index >= 15 is 0 Å². The summed E-state index contributed by atoms with van der Waals surface area (Å²) in [7, 11) is 0. The van der Waals surface area contributed by atoms with Crippen LogP contribution in [0.25, 0.3) is 0 Å². The van der Waals surface area contributed by atoms with Crippen molar-refractivity contribution in [3.05, 3.63) is 27.3 Å². The van der Waals surface area contributed by atoms with Crippen LogP contribution in [0.15, 0.2) is 18.2 Å². The van der Waals surface area contributed by atoms with Gasteiger partial charge in [-0.3, -0.25) is 4.79 Å². The molecule has 0 fully saturated rings. The summed E-state index contributed by atoms with van der Waals surface area (Å²) in [5.74, 6) is 0.0171. The van der Waals surface area contributed by atoms with E-state index in [2.05, 4.69) is 27.9 Å². The molecule has 88 valence electrons. The van der Waals surface area contributed by atoms with Crippen LogP contribution in [-0.2, 0) is 4.79 Å². The van der Waals surface area contributed by atoms with Crippen molar-refractivity contribution in [3.8, 4) is 0 Å². The topological polar surface area (TPSA) is 55.1 Å². The van der Waals surface area contributed by atoms with Crippen molar-refractivity contribution in [3.63, 3.8) is 0 Å². The predicted octanol–water partition coefficient (Wildman–Crippen LogP) is 2.52. The Morgan fingerprint density at radius 3 is 2.56 bits per heavy atom. The number of benzene rings is 1. The van der Waals surface area contributed by atoms with E-state index in [0.717, 1.165) is 14.8 Å². The largest absolute Gasteiger partial charge is 0.324 e. The average molecular weight is 332 g/mol.